The van der Waals surface area contributed by atoms with Gasteiger partial charge in [-0.3, -0.25) is 14.9 Å². The van der Waals surface area contributed by atoms with E-state index in [-0.39, 0.29) is 11.6 Å². The standard InChI is InChI=1S/C19H16N4O4S/c1-27-9-8-22-16-7-6-12(23(25)26)10-17(16)28-19(22)21-18(24)14-11-20-15-5-3-2-4-13(14)15/h2-7,10-11,20H,8-9H2,1H3. The van der Waals surface area contributed by atoms with Crippen molar-refractivity contribution in [3.8, 4) is 0 Å². The summed E-state index contributed by atoms with van der Waals surface area (Å²) in [4.78, 5) is 31.3. The number of nitrogens with zero attached hydrogens (tertiary/aromatic N) is 3. The quantitative estimate of drug-likeness (QED) is 0.412. The van der Waals surface area contributed by atoms with Crippen molar-refractivity contribution in [3.63, 3.8) is 0 Å². The van der Waals surface area contributed by atoms with Crippen molar-refractivity contribution >= 4 is 44.1 Å². The van der Waals surface area contributed by atoms with Crippen LogP contribution in [0.5, 0.6) is 0 Å². The van der Waals surface area contributed by atoms with Gasteiger partial charge in [-0.25, -0.2) is 0 Å². The number of nitro groups is 1. The molecule has 1 N–H and O–H groups in total. The van der Waals surface area contributed by atoms with Crippen LogP contribution in [-0.4, -0.2) is 34.1 Å². The van der Waals surface area contributed by atoms with E-state index in [1.54, 1.807) is 19.4 Å². The summed E-state index contributed by atoms with van der Waals surface area (Å²) in [6.45, 7) is 0.908. The highest BCUT2D eigenvalue weighted by Gasteiger charge is 2.15. The lowest BCUT2D eigenvalue weighted by molar-refractivity contribution is -0.384. The molecular formula is C19H16N4O4S. The predicted octanol–water partition coefficient (Wildman–Crippen LogP) is 3.48. The molecule has 2 aromatic heterocycles. The van der Waals surface area contributed by atoms with Gasteiger partial charge in [0.05, 0.1) is 27.3 Å². The van der Waals surface area contributed by atoms with E-state index in [2.05, 4.69) is 9.98 Å². The van der Waals surface area contributed by atoms with Crippen LogP contribution in [0.15, 0.2) is 53.7 Å². The number of para-hydroxylation sites is 1. The van der Waals surface area contributed by atoms with Gasteiger partial charge in [0.15, 0.2) is 4.80 Å². The molecule has 2 aromatic carbocycles. The van der Waals surface area contributed by atoms with Crippen molar-refractivity contribution in [2.75, 3.05) is 13.7 Å². The molecule has 0 aliphatic rings. The zero-order valence-electron chi connectivity index (χ0n) is 14.9. The largest absolute Gasteiger partial charge is 0.383 e. The minimum absolute atomic E-state index is 0.00199. The van der Waals surface area contributed by atoms with E-state index in [0.29, 0.717) is 28.2 Å². The van der Waals surface area contributed by atoms with Crippen LogP contribution in [0.4, 0.5) is 5.69 Å². The Morgan fingerprint density at radius 3 is 2.93 bits per heavy atom. The predicted molar refractivity (Wildman–Crippen MR) is 107 cm³/mol. The van der Waals surface area contributed by atoms with Crippen LogP contribution in [0, 0.1) is 10.1 Å². The smallest absolute Gasteiger partial charge is 0.281 e. The lowest BCUT2D eigenvalue weighted by Gasteiger charge is -2.04. The first-order valence-corrected chi connectivity index (χ1v) is 9.32. The molecule has 0 atom stereocenters. The van der Waals surface area contributed by atoms with Gasteiger partial charge in [0.25, 0.3) is 11.6 Å². The lowest BCUT2D eigenvalue weighted by Crippen LogP contribution is -2.19. The van der Waals surface area contributed by atoms with Gasteiger partial charge < -0.3 is 14.3 Å². The summed E-state index contributed by atoms with van der Waals surface area (Å²) < 4.78 is 7.70. The molecule has 0 fully saturated rings. The molecule has 0 saturated heterocycles. The number of hydrogen-bond acceptors (Lipinski definition) is 5. The van der Waals surface area contributed by atoms with Crippen molar-refractivity contribution in [3.05, 3.63) is 69.1 Å². The number of ether oxygens (including phenoxy) is 1. The van der Waals surface area contributed by atoms with Gasteiger partial charge in [0, 0.05) is 42.9 Å². The number of thiazole rings is 1. The van der Waals surface area contributed by atoms with Crippen molar-refractivity contribution in [1.29, 1.82) is 0 Å². The molecule has 0 radical (unpaired) electrons. The van der Waals surface area contributed by atoms with E-state index in [1.807, 2.05) is 28.8 Å². The zero-order chi connectivity index (χ0) is 19.7. The Kier molecular flexibility index (Phi) is 4.76. The van der Waals surface area contributed by atoms with Gasteiger partial charge in [0.1, 0.15) is 0 Å². The number of rotatable bonds is 5. The van der Waals surface area contributed by atoms with Gasteiger partial charge in [-0.15, -0.1) is 0 Å². The number of carbonyl (C=O) groups is 1. The molecule has 2 heterocycles. The second-order valence-corrected chi connectivity index (χ2v) is 7.11. The average Bonchev–Trinajstić information content (AvgIpc) is 3.27. The van der Waals surface area contributed by atoms with E-state index in [0.717, 1.165) is 16.4 Å². The van der Waals surface area contributed by atoms with Crippen molar-refractivity contribution in [1.82, 2.24) is 9.55 Å². The summed E-state index contributed by atoms with van der Waals surface area (Å²) in [6, 6.07) is 12.1. The number of nitrogens with one attached hydrogen (secondary N) is 1. The number of aromatic nitrogens is 2. The number of methoxy groups -OCH3 is 1. The molecule has 0 bridgehead atoms. The summed E-state index contributed by atoms with van der Waals surface area (Å²) in [6.07, 6.45) is 1.65. The number of non-ortho nitro benzene ring substituents is 1. The molecule has 1 amide bonds. The van der Waals surface area contributed by atoms with Gasteiger partial charge in [-0.2, -0.15) is 4.99 Å². The number of H-pyrrole nitrogens is 1. The van der Waals surface area contributed by atoms with Crippen LogP contribution in [0.25, 0.3) is 21.1 Å². The maximum atomic E-state index is 12.8. The van der Waals surface area contributed by atoms with E-state index < -0.39 is 4.92 Å². The van der Waals surface area contributed by atoms with Crippen molar-refractivity contribution in [2.24, 2.45) is 4.99 Å². The monoisotopic (exact) mass is 396 g/mol. The SMILES string of the molecule is COCCn1c(=NC(=O)c2c[nH]c3ccccc23)sc2cc([N+](=O)[O-])ccc21. The van der Waals surface area contributed by atoms with Gasteiger partial charge in [-0.05, 0) is 12.1 Å². The molecule has 0 spiro atoms. The molecular weight excluding hydrogens is 380 g/mol. The highest BCUT2D eigenvalue weighted by Crippen LogP contribution is 2.24. The number of nitro benzene ring substituents is 1. The van der Waals surface area contributed by atoms with Crippen LogP contribution in [0.2, 0.25) is 0 Å². The fraction of sp³-hybridized carbons (Fsp3) is 0.158. The maximum absolute atomic E-state index is 12.8. The summed E-state index contributed by atoms with van der Waals surface area (Å²) in [5.41, 5.74) is 2.12. The molecule has 28 heavy (non-hydrogen) atoms. The average molecular weight is 396 g/mol. The van der Waals surface area contributed by atoms with Gasteiger partial charge in [-0.1, -0.05) is 29.5 Å². The second kappa shape index (κ2) is 7.37. The molecule has 0 aliphatic carbocycles. The number of aromatic amines is 1. The number of fused-ring (bicyclic) bond motifs is 2. The van der Waals surface area contributed by atoms with Crippen LogP contribution in [0.3, 0.4) is 0 Å². The summed E-state index contributed by atoms with van der Waals surface area (Å²) in [5.74, 6) is -0.371. The Bertz CT molecular complexity index is 1270. The highest BCUT2D eigenvalue weighted by atomic mass is 32.1. The minimum atomic E-state index is -0.438. The molecule has 4 rings (SSSR count). The fourth-order valence-electron chi connectivity index (χ4n) is 3.06. The summed E-state index contributed by atoms with van der Waals surface area (Å²) in [7, 11) is 1.59. The topological polar surface area (TPSA) is 103 Å². The molecule has 4 aromatic rings. The second-order valence-electron chi connectivity index (χ2n) is 6.10. The Morgan fingerprint density at radius 1 is 1.32 bits per heavy atom. The fourth-order valence-corrected chi connectivity index (χ4v) is 4.14. The molecule has 0 aliphatic heterocycles. The van der Waals surface area contributed by atoms with E-state index in [4.69, 9.17) is 4.74 Å². The molecule has 0 unspecified atom stereocenters. The molecule has 9 heteroatoms. The van der Waals surface area contributed by atoms with E-state index >= 15 is 0 Å². The Balaban J connectivity index is 1.85. The summed E-state index contributed by atoms with van der Waals surface area (Å²) >= 11 is 1.24. The Labute approximate surface area is 162 Å². The highest BCUT2D eigenvalue weighted by molar-refractivity contribution is 7.16. The third kappa shape index (κ3) is 3.21. The molecule has 142 valence electrons. The summed E-state index contributed by atoms with van der Waals surface area (Å²) in [5, 5.41) is 11.9. The maximum Gasteiger partial charge on any atom is 0.281 e. The van der Waals surface area contributed by atoms with Crippen LogP contribution >= 0.6 is 11.3 Å². The molecule has 8 nitrogen and oxygen atoms in total. The van der Waals surface area contributed by atoms with E-state index in [1.165, 1.54) is 23.5 Å². The zero-order valence-corrected chi connectivity index (χ0v) is 15.7. The van der Waals surface area contributed by atoms with Crippen molar-refractivity contribution < 1.29 is 14.5 Å². The Morgan fingerprint density at radius 2 is 2.14 bits per heavy atom. The Hall–Kier alpha value is -3.30. The third-order valence-corrected chi connectivity index (χ3v) is 5.45. The number of benzene rings is 2. The number of hydrogen-bond donors (Lipinski definition) is 1. The van der Waals surface area contributed by atoms with Crippen LogP contribution < -0.4 is 4.80 Å². The van der Waals surface area contributed by atoms with E-state index in [9.17, 15) is 14.9 Å². The third-order valence-electron chi connectivity index (χ3n) is 4.41. The first kappa shape index (κ1) is 18.1. The lowest BCUT2D eigenvalue weighted by atomic mass is 10.2. The van der Waals surface area contributed by atoms with Gasteiger partial charge >= 0.3 is 0 Å². The molecule has 0 saturated carbocycles. The van der Waals surface area contributed by atoms with Crippen LogP contribution in [-0.2, 0) is 11.3 Å². The number of carbonyl (C=O) groups excluding carboxylic acids is 1. The van der Waals surface area contributed by atoms with Gasteiger partial charge in [0.2, 0.25) is 0 Å². The normalized spacial score (nSPS) is 12.1. The number of amides is 1. The first-order valence-electron chi connectivity index (χ1n) is 8.50. The van der Waals surface area contributed by atoms with Crippen molar-refractivity contribution in [2.45, 2.75) is 6.54 Å². The van der Waals surface area contributed by atoms with Crippen LogP contribution in [0.1, 0.15) is 10.4 Å². The minimum Gasteiger partial charge on any atom is -0.383 e. The first-order chi connectivity index (χ1) is 13.6.